The van der Waals surface area contributed by atoms with Gasteiger partial charge in [-0.1, -0.05) is 51.3 Å². The first-order chi connectivity index (χ1) is 8.75. The van der Waals surface area contributed by atoms with Gasteiger partial charge in [0, 0.05) is 12.0 Å². The molecule has 1 nitrogen and oxygen atoms in total. The smallest absolute Gasteiger partial charge is 0.00783 e. The summed E-state index contributed by atoms with van der Waals surface area (Å²) in [5.41, 5.74) is 11.0. The zero-order valence-electron chi connectivity index (χ0n) is 12.0. The zero-order chi connectivity index (χ0) is 13.0. The molecule has 0 aromatic heterocycles. The third-order valence-corrected chi connectivity index (χ3v) is 4.74. The molecule has 1 heteroatoms. The Hall–Kier alpha value is -0.820. The summed E-state index contributed by atoms with van der Waals surface area (Å²) >= 11 is 0. The van der Waals surface area contributed by atoms with Crippen LogP contribution in [0, 0.1) is 0 Å². The third kappa shape index (κ3) is 2.47. The van der Waals surface area contributed by atoms with E-state index in [1.165, 1.54) is 43.2 Å². The predicted molar refractivity (Wildman–Crippen MR) is 79.0 cm³/mol. The lowest BCUT2D eigenvalue weighted by Gasteiger charge is -2.38. The highest BCUT2D eigenvalue weighted by molar-refractivity contribution is 5.39. The van der Waals surface area contributed by atoms with Gasteiger partial charge in [-0.2, -0.15) is 0 Å². The first-order valence-electron chi connectivity index (χ1n) is 7.58. The molecule has 0 saturated heterocycles. The molecular formula is C17H27N. The molecule has 1 aliphatic rings. The van der Waals surface area contributed by atoms with E-state index in [9.17, 15) is 0 Å². The monoisotopic (exact) mass is 245 g/mol. The summed E-state index contributed by atoms with van der Waals surface area (Å²) in [5.74, 6) is 0. The van der Waals surface area contributed by atoms with Crippen LogP contribution in [0.1, 0.15) is 62.6 Å². The molecule has 2 N–H and O–H groups in total. The SMILES string of the molecule is CCc1ccc(CC)c(C2(CN)CCCCC2)c1. The highest BCUT2D eigenvalue weighted by Gasteiger charge is 2.33. The van der Waals surface area contributed by atoms with Gasteiger partial charge in [-0.15, -0.1) is 0 Å². The molecule has 1 aliphatic carbocycles. The van der Waals surface area contributed by atoms with E-state index in [1.807, 2.05) is 0 Å². The Balaban J connectivity index is 2.44. The van der Waals surface area contributed by atoms with Crippen LogP contribution >= 0.6 is 0 Å². The van der Waals surface area contributed by atoms with Gasteiger partial charge in [0.25, 0.3) is 0 Å². The van der Waals surface area contributed by atoms with Gasteiger partial charge in [0.1, 0.15) is 0 Å². The summed E-state index contributed by atoms with van der Waals surface area (Å²) in [7, 11) is 0. The van der Waals surface area contributed by atoms with Crippen molar-refractivity contribution in [1.29, 1.82) is 0 Å². The van der Waals surface area contributed by atoms with Crippen molar-refractivity contribution < 1.29 is 0 Å². The summed E-state index contributed by atoms with van der Waals surface area (Å²) in [6.07, 6.45) is 8.89. The molecule has 0 bridgehead atoms. The second-order valence-corrected chi connectivity index (χ2v) is 5.74. The molecule has 1 aromatic carbocycles. The van der Waals surface area contributed by atoms with Crippen molar-refractivity contribution in [2.75, 3.05) is 6.54 Å². The van der Waals surface area contributed by atoms with E-state index >= 15 is 0 Å². The van der Waals surface area contributed by atoms with Gasteiger partial charge < -0.3 is 5.73 Å². The minimum Gasteiger partial charge on any atom is -0.330 e. The molecule has 100 valence electrons. The Morgan fingerprint density at radius 3 is 2.33 bits per heavy atom. The lowest BCUT2D eigenvalue weighted by molar-refractivity contribution is 0.299. The molecule has 0 aliphatic heterocycles. The van der Waals surface area contributed by atoms with E-state index in [-0.39, 0.29) is 5.41 Å². The van der Waals surface area contributed by atoms with Crippen molar-refractivity contribution in [2.45, 2.75) is 64.2 Å². The lowest BCUT2D eigenvalue weighted by atomic mass is 9.67. The number of aryl methyl sites for hydroxylation is 2. The standard InChI is InChI=1S/C17H27N/c1-3-14-8-9-15(4-2)16(12-14)17(13-18)10-6-5-7-11-17/h8-9,12H,3-7,10-11,13,18H2,1-2H3. The van der Waals surface area contributed by atoms with E-state index in [2.05, 4.69) is 32.0 Å². The van der Waals surface area contributed by atoms with Crippen molar-refractivity contribution >= 4 is 0 Å². The van der Waals surface area contributed by atoms with E-state index in [0.717, 1.165) is 19.4 Å². The van der Waals surface area contributed by atoms with Gasteiger partial charge in [-0.3, -0.25) is 0 Å². The van der Waals surface area contributed by atoms with Gasteiger partial charge in [-0.05, 0) is 42.4 Å². The van der Waals surface area contributed by atoms with Crippen molar-refractivity contribution in [1.82, 2.24) is 0 Å². The molecule has 1 aromatic rings. The molecule has 0 spiro atoms. The molecule has 0 unspecified atom stereocenters. The molecule has 0 atom stereocenters. The van der Waals surface area contributed by atoms with E-state index < -0.39 is 0 Å². The first kappa shape index (κ1) is 13.6. The number of benzene rings is 1. The van der Waals surface area contributed by atoms with Crippen LogP contribution in [0.3, 0.4) is 0 Å². The number of rotatable bonds is 4. The Kier molecular flexibility index (Phi) is 4.45. The van der Waals surface area contributed by atoms with E-state index in [0.29, 0.717) is 0 Å². The van der Waals surface area contributed by atoms with Gasteiger partial charge in [0.2, 0.25) is 0 Å². The molecule has 0 amide bonds. The number of hydrogen-bond donors (Lipinski definition) is 1. The van der Waals surface area contributed by atoms with Crippen molar-refractivity contribution in [3.63, 3.8) is 0 Å². The van der Waals surface area contributed by atoms with Crippen LogP contribution in [-0.4, -0.2) is 6.54 Å². The minimum atomic E-state index is 0.273. The van der Waals surface area contributed by atoms with Crippen LogP contribution in [0.15, 0.2) is 18.2 Å². The molecule has 18 heavy (non-hydrogen) atoms. The highest BCUT2D eigenvalue weighted by Crippen LogP contribution is 2.40. The van der Waals surface area contributed by atoms with Gasteiger partial charge in [-0.25, -0.2) is 0 Å². The first-order valence-corrected chi connectivity index (χ1v) is 7.58. The minimum absolute atomic E-state index is 0.273. The number of nitrogens with two attached hydrogens (primary N) is 1. The number of hydrogen-bond acceptors (Lipinski definition) is 1. The fourth-order valence-corrected chi connectivity index (χ4v) is 3.46. The fourth-order valence-electron chi connectivity index (χ4n) is 3.46. The quantitative estimate of drug-likeness (QED) is 0.853. The Bertz CT molecular complexity index is 389. The fraction of sp³-hybridized carbons (Fsp3) is 0.647. The largest absolute Gasteiger partial charge is 0.330 e. The van der Waals surface area contributed by atoms with Gasteiger partial charge in [0.15, 0.2) is 0 Å². The zero-order valence-corrected chi connectivity index (χ0v) is 12.0. The lowest BCUT2D eigenvalue weighted by Crippen LogP contribution is -2.38. The maximum Gasteiger partial charge on any atom is 0.00783 e. The van der Waals surface area contributed by atoms with E-state index in [1.54, 1.807) is 5.56 Å². The van der Waals surface area contributed by atoms with E-state index in [4.69, 9.17) is 5.73 Å². The van der Waals surface area contributed by atoms with Crippen molar-refractivity contribution in [3.8, 4) is 0 Å². The van der Waals surface area contributed by atoms with Crippen LogP contribution in [0.4, 0.5) is 0 Å². The van der Waals surface area contributed by atoms with Crippen LogP contribution in [-0.2, 0) is 18.3 Å². The topological polar surface area (TPSA) is 26.0 Å². The van der Waals surface area contributed by atoms with Crippen LogP contribution in [0.2, 0.25) is 0 Å². The van der Waals surface area contributed by atoms with Crippen LogP contribution in [0.5, 0.6) is 0 Å². The predicted octanol–water partition coefficient (Wildman–Crippen LogP) is 3.97. The molecule has 1 fully saturated rings. The van der Waals surface area contributed by atoms with Crippen molar-refractivity contribution in [2.24, 2.45) is 5.73 Å². The molecule has 2 rings (SSSR count). The van der Waals surface area contributed by atoms with Gasteiger partial charge in [0.05, 0.1) is 0 Å². The molecule has 1 saturated carbocycles. The third-order valence-electron chi connectivity index (χ3n) is 4.74. The van der Waals surface area contributed by atoms with Crippen LogP contribution in [0.25, 0.3) is 0 Å². The maximum absolute atomic E-state index is 6.19. The summed E-state index contributed by atoms with van der Waals surface area (Å²) in [6, 6.07) is 7.06. The second-order valence-electron chi connectivity index (χ2n) is 5.74. The van der Waals surface area contributed by atoms with Gasteiger partial charge >= 0.3 is 0 Å². The Labute approximate surface area is 112 Å². The summed E-state index contributed by atoms with van der Waals surface area (Å²) in [6.45, 7) is 5.31. The Morgan fingerprint density at radius 2 is 1.78 bits per heavy atom. The summed E-state index contributed by atoms with van der Waals surface area (Å²) in [5, 5.41) is 0. The summed E-state index contributed by atoms with van der Waals surface area (Å²) < 4.78 is 0. The second kappa shape index (κ2) is 5.88. The molecular weight excluding hydrogens is 218 g/mol. The maximum atomic E-state index is 6.19. The Morgan fingerprint density at radius 1 is 1.06 bits per heavy atom. The average Bonchev–Trinajstić information content (AvgIpc) is 2.47. The summed E-state index contributed by atoms with van der Waals surface area (Å²) in [4.78, 5) is 0. The normalized spacial score (nSPS) is 18.8. The average molecular weight is 245 g/mol. The van der Waals surface area contributed by atoms with Crippen molar-refractivity contribution in [3.05, 3.63) is 34.9 Å². The molecule has 0 radical (unpaired) electrons. The van der Waals surface area contributed by atoms with Crippen LogP contribution < -0.4 is 5.73 Å². The highest BCUT2D eigenvalue weighted by atomic mass is 14.6. The molecule has 0 heterocycles.